The van der Waals surface area contributed by atoms with Crippen LogP contribution in [0.2, 0.25) is 0 Å². The molecule has 46 heavy (non-hydrogen) atoms. The van der Waals surface area contributed by atoms with Gasteiger partial charge in [0.1, 0.15) is 6.10 Å². The molecule has 0 unspecified atom stereocenters. The Morgan fingerprint density at radius 3 is 2.09 bits per heavy atom. The fourth-order valence-corrected chi connectivity index (χ4v) is 10.1. The van der Waals surface area contributed by atoms with Crippen LogP contribution in [0.25, 0.3) is 11.1 Å². The largest absolute Gasteiger partial charge is 0.459 e. The minimum absolute atomic E-state index is 0.0194. The van der Waals surface area contributed by atoms with Crippen LogP contribution >= 0.6 is 0 Å². The number of hydrogen-bond acceptors (Lipinski definition) is 4. The molecule has 4 heteroatoms. The van der Waals surface area contributed by atoms with Crippen molar-refractivity contribution >= 4 is 11.8 Å². The van der Waals surface area contributed by atoms with Crippen LogP contribution in [0.3, 0.4) is 0 Å². The summed E-state index contributed by atoms with van der Waals surface area (Å²) in [5.41, 5.74) is 8.11. The summed E-state index contributed by atoms with van der Waals surface area (Å²) in [5.74, 6) is 0.313. The average Bonchev–Trinajstić information content (AvgIpc) is 3.47. The lowest BCUT2D eigenvalue weighted by Gasteiger charge is -2.58. The molecule has 5 aliphatic rings. The third kappa shape index (κ3) is 4.49. The Balaban J connectivity index is 1.20. The molecule has 0 aromatic heterocycles. The zero-order valence-corrected chi connectivity index (χ0v) is 29.5. The van der Waals surface area contributed by atoms with Crippen LogP contribution in [0.1, 0.15) is 111 Å². The van der Waals surface area contributed by atoms with E-state index in [0.717, 1.165) is 19.3 Å². The molecule has 0 N–H and O–H groups in total. The summed E-state index contributed by atoms with van der Waals surface area (Å²) in [6.45, 7) is 22.3. The Labute approximate surface area is 276 Å². The summed E-state index contributed by atoms with van der Waals surface area (Å²) in [4.78, 5) is 27.0. The molecule has 3 aliphatic carbocycles. The van der Waals surface area contributed by atoms with Crippen molar-refractivity contribution < 1.29 is 19.1 Å². The maximum Gasteiger partial charge on any atom is 0.316 e. The number of allylic oxidation sites excluding steroid dienone is 2. The molecule has 2 aromatic rings. The van der Waals surface area contributed by atoms with E-state index in [1.54, 1.807) is 6.08 Å². The van der Waals surface area contributed by atoms with Crippen LogP contribution in [-0.4, -0.2) is 30.1 Å². The molecule has 0 bridgehead atoms. The Hall–Kier alpha value is -2.98. The highest BCUT2D eigenvalue weighted by molar-refractivity contribution is 6.00. The predicted octanol–water partition coefficient (Wildman–Crippen LogP) is 9.26. The SMILES string of the molecule is CC[C@H]1[C@@H]2CC3=C(C)[C@@H](c4ccc(-c5cc(C(C)(C)C)cc(C(C)(C)C)c5)cc4)C[C@@H]3O[C@@H]2[C@@H]2OC(=O)[C@]3(C)C=CC(=O)[C@@]1(C)[C@@H]23. The van der Waals surface area contributed by atoms with Gasteiger partial charge in [0.25, 0.3) is 0 Å². The van der Waals surface area contributed by atoms with Crippen LogP contribution in [0, 0.1) is 28.6 Å². The van der Waals surface area contributed by atoms with Gasteiger partial charge in [-0.1, -0.05) is 116 Å². The van der Waals surface area contributed by atoms with Gasteiger partial charge in [-0.15, -0.1) is 0 Å². The summed E-state index contributed by atoms with van der Waals surface area (Å²) in [5, 5.41) is 0. The van der Waals surface area contributed by atoms with Gasteiger partial charge in [-0.2, -0.15) is 0 Å². The van der Waals surface area contributed by atoms with Crippen molar-refractivity contribution in [2.45, 2.75) is 124 Å². The molecule has 4 nitrogen and oxygen atoms in total. The van der Waals surface area contributed by atoms with E-state index in [2.05, 4.69) is 105 Å². The standard InChI is InChI=1S/C42H52O4/c1-11-32-31-21-30-23(2)29(22-33(30)45-35(31)36-37-41(9,38(44)46-36)17-16-34(43)42(32,37)10)25-14-12-24(13-15-25)26-18-27(39(3,4)5)20-28(19-26)40(6,7)8/h12-20,29,31-33,35-37H,11,21-22H2,1-10H3/t29-,31-,32-,33-,35-,36-,37-,41+,42-/m0/s1. The highest BCUT2D eigenvalue weighted by Gasteiger charge is 2.72. The van der Waals surface area contributed by atoms with E-state index < -0.39 is 10.8 Å². The molecule has 2 aliphatic heterocycles. The van der Waals surface area contributed by atoms with Crippen molar-refractivity contribution in [2.75, 3.05) is 0 Å². The fraction of sp³-hybridized carbons (Fsp3) is 0.571. The third-order valence-electron chi connectivity index (χ3n) is 12.8. The lowest BCUT2D eigenvalue weighted by Crippen LogP contribution is -2.64. The number of hydrogen-bond donors (Lipinski definition) is 0. The van der Waals surface area contributed by atoms with Crippen molar-refractivity contribution in [1.82, 2.24) is 0 Å². The Morgan fingerprint density at radius 1 is 0.870 bits per heavy atom. The lowest BCUT2D eigenvalue weighted by atomic mass is 9.45. The maximum atomic E-state index is 13.6. The molecule has 2 saturated heterocycles. The number of rotatable bonds is 3. The van der Waals surface area contributed by atoms with Crippen molar-refractivity contribution in [3.05, 3.63) is 82.5 Å². The minimum atomic E-state index is -0.777. The highest BCUT2D eigenvalue weighted by atomic mass is 16.6. The Bertz CT molecular complexity index is 1630. The smallest absolute Gasteiger partial charge is 0.316 e. The first-order chi connectivity index (χ1) is 21.5. The zero-order chi connectivity index (χ0) is 33.1. The van der Waals surface area contributed by atoms with E-state index in [4.69, 9.17) is 9.47 Å². The zero-order valence-electron chi connectivity index (χ0n) is 29.5. The number of carbonyl (C=O) groups is 2. The lowest BCUT2D eigenvalue weighted by molar-refractivity contribution is -0.202. The molecule has 0 radical (unpaired) electrons. The van der Waals surface area contributed by atoms with Gasteiger partial charge in [0.2, 0.25) is 0 Å². The van der Waals surface area contributed by atoms with Crippen molar-refractivity contribution in [2.24, 2.45) is 28.6 Å². The summed E-state index contributed by atoms with van der Waals surface area (Å²) in [6, 6.07) is 16.3. The van der Waals surface area contributed by atoms with Crippen molar-refractivity contribution in [3.63, 3.8) is 0 Å². The number of fused-ring (bicyclic) bond motifs is 3. The molecule has 244 valence electrons. The van der Waals surface area contributed by atoms with E-state index >= 15 is 0 Å². The summed E-state index contributed by atoms with van der Waals surface area (Å²) < 4.78 is 13.2. The first-order valence-electron chi connectivity index (χ1n) is 17.5. The number of benzene rings is 2. The Morgan fingerprint density at radius 2 is 1.50 bits per heavy atom. The minimum Gasteiger partial charge on any atom is -0.459 e. The third-order valence-corrected chi connectivity index (χ3v) is 12.8. The first-order valence-corrected chi connectivity index (χ1v) is 17.5. The summed E-state index contributed by atoms with van der Waals surface area (Å²) in [6.07, 6.45) is 5.64. The van der Waals surface area contributed by atoms with E-state index in [1.165, 1.54) is 39.0 Å². The normalized spacial score (nSPS) is 36.8. The monoisotopic (exact) mass is 620 g/mol. The molecule has 7 rings (SSSR count). The Kier molecular flexibility index (Phi) is 7.05. The molecular weight excluding hydrogens is 568 g/mol. The number of carbonyl (C=O) groups excluding carboxylic acids is 2. The van der Waals surface area contributed by atoms with Gasteiger partial charge in [-0.05, 0) is 88.8 Å². The summed E-state index contributed by atoms with van der Waals surface area (Å²) in [7, 11) is 0. The second kappa shape index (κ2) is 10.3. The van der Waals surface area contributed by atoms with Crippen LogP contribution in [0.5, 0.6) is 0 Å². The van der Waals surface area contributed by atoms with Gasteiger partial charge in [0, 0.05) is 17.3 Å². The van der Waals surface area contributed by atoms with E-state index in [1.807, 2.05) is 13.0 Å². The second-order valence-corrected chi connectivity index (χ2v) is 17.5. The molecule has 3 fully saturated rings. The molecule has 0 spiro atoms. The molecule has 2 aromatic carbocycles. The molecule has 0 amide bonds. The molecule has 9 atom stereocenters. The predicted molar refractivity (Wildman–Crippen MR) is 184 cm³/mol. The van der Waals surface area contributed by atoms with Crippen LogP contribution in [0.15, 0.2) is 65.8 Å². The van der Waals surface area contributed by atoms with E-state index in [9.17, 15) is 9.59 Å². The number of esters is 1. The number of ether oxygens (including phenoxy) is 2. The second-order valence-electron chi connectivity index (χ2n) is 17.5. The quantitative estimate of drug-likeness (QED) is 0.254. The van der Waals surface area contributed by atoms with Crippen LogP contribution in [0.4, 0.5) is 0 Å². The fourth-order valence-electron chi connectivity index (χ4n) is 10.1. The average molecular weight is 621 g/mol. The van der Waals surface area contributed by atoms with Gasteiger partial charge < -0.3 is 9.47 Å². The van der Waals surface area contributed by atoms with Crippen molar-refractivity contribution in [1.29, 1.82) is 0 Å². The van der Waals surface area contributed by atoms with E-state index in [0.29, 0.717) is 0 Å². The molecule has 2 heterocycles. The van der Waals surface area contributed by atoms with E-state index in [-0.39, 0.29) is 64.6 Å². The topological polar surface area (TPSA) is 52.6 Å². The van der Waals surface area contributed by atoms with Crippen molar-refractivity contribution in [3.8, 4) is 11.1 Å². The molecule has 1 saturated carbocycles. The van der Waals surface area contributed by atoms with Gasteiger partial charge in [0.15, 0.2) is 5.78 Å². The van der Waals surface area contributed by atoms with Gasteiger partial charge in [0.05, 0.1) is 17.6 Å². The number of ketones is 1. The van der Waals surface area contributed by atoms with Gasteiger partial charge >= 0.3 is 5.97 Å². The van der Waals surface area contributed by atoms with Gasteiger partial charge in [-0.3, -0.25) is 9.59 Å². The van der Waals surface area contributed by atoms with Crippen LogP contribution < -0.4 is 0 Å². The van der Waals surface area contributed by atoms with Crippen LogP contribution in [-0.2, 0) is 29.9 Å². The maximum absolute atomic E-state index is 13.6. The summed E-state index contributed by atoms with van der Waals surface area (Å²) >= 11 is 0. The first kappa shape index (κ1) is 31.6. The van der Waals surface area contributed by atoms with Gasteiger partial charge in [-0.25, -0.2) is 0 Å². The highest BCUT2D eigenvalue weighted by Crippen LogP contribution is 2.65. The molecular formula is C42H52O4.